The van der Waals surface area contributed by atoms with Crippen molar-refractivity contribution in [3.8, 4) is 0 Å². The first-order valence-electron chi connectivity index (χ1n) is 12.4. The SMILES string of the molecule is CC(OCC1CCC(N(Cc2ccccc2)Cc2ccccc2)CC1)C1CCCCN1. The van der Waals surface area contributed by atoms with Gasteiger partial charge in [-0.15, -0.1) is 0 Å². The Morgan fingerprint density at radius 1 is 0.839 bits per heavy atom. The van der Waals surface area contributed by atoms with Crippen molar-refractivity contribution in [1.82, 2.24) is 10.2 Å². The number of hydrogen-bond acceptors (Lipinski definition) is 3. The van der Waals surface area contributed by atoms with Gasteiger partial charge in [-0.1, -0.05) is 67.1 Å². The summed E-state index contributed by atoms with van der Waals surface area (Å²) in [4.78, 5) is 2.70. The van der Waals surface area contributed by atoms with Crippen LogP contribution in [-0.4, -0.2) is 36.2 Å². The van der Waals surface area contributed by atoms with E-state index in [1.54, 1.807) is 0 Å². The number of ether oxygens (including phenoxy) is 1. The minimum atomic E-state index is 0.339. The third-order valence-electron chi connectivity index (χ3n) is 7.30. The Morgan fingerprint density at radius 3 is 2.00 bits per heavy atom. The summed E-state index contributed by atoms with van der Waals surface area (Å²) in [5.74, 6) is 0.720. The van der Waals surface area contributed by atoms with Crippen molar-refractivity contribution in [3.05, 3.63) is 71.8 Å². The van der Waals surface area contributed by atoms with E-state index in [2.05, 4.69) is 77.8 Å². The topological polar surface area (TPSA) is 24.5 Å². The smallest absolute Gasteiger partial charge is 0.0700 e. The highest BCUT2D eigenvalue weighted by molar-refractivity contribution is 5.17. The van der Waals surface area contributed by atoms with E-state index in [1.807, 2.05) is 0 Å². The van der Waals surface area contributed by atoms with Crippen LogP contribution in [0.4, 0.5) is 0 Å². The molecule has 3 nitrogen and oxygen atoms in total. The molecule has 0 spiro atoms. The number of nitrogens with zero attached hydrogens (tertiary/aromatic N) is 1. The largest absolute Gasteiger partial charge is 0.377 e. The van der Waals surface area contributed by atoms with Crippen molar-refractivity contribution in [2.24, 2.45) is 5.92 Å². The Morgan fingerprint density at radius 2 is 1.45 bits per heavy atom. The lowest BCUT2D eigenvalue weighted by atomic mass is 9.85. The van der Waals surface area contributed by atoms with Crippen LogP contribution < -0.4 is 5.32 Å². The van der Waals surface area contributed by atoms with Gasteiger partial charge in [0, 0.05) is 31.8 Å². The molecule has 2 fully saturated rings. The number of benzene rings is 2. The third kappa shape index (κ3) is 6.90. The number of piperidine rings is 1. The second-order valence-electron chi connectivity index (χ2n) is 9.65. The molecule has 1 aliphatic carbocycles. The number of hydrogen-bond donors (Lipinski definition) is 1. The van der Waals surface area contributed by atoms with Gasteiger partial charge in [0.1, 0.15) is 0 Å². The van der Waals surface area contributed by atoms with Crippen LogP contribution in [0.5, 0.6) is 0 Å². The third-order valence-corrected chi connectivity index (χ3v) is 7.30. The highest BCUT2D eigenvalue weighted by Gasteiger charge is 2.27. The van der Waals surface area contributed by atoms with Crippen LogP contribution in [0.1, 0.15) is 63.0 Å². The van der Waals surface area contributed by atoms with Crippen LogP contribution in [-0.2, 0) is 17.8 Å². The van der Waals surface area contributed by atoms with Crippen LogP contribution in [0, 0.1) is 5.92 Å². The van der Waals surface area contributed by atoms with Gasteiger partial charge in [0.05, 0.1) is 6.10 Å². The van der Waals surface area contributed by atoms with Crippen LogP contribution in [0.15, 0.2) is 60.7 Å². The second kappa shape index (κ2) is 11.8. The number of rotatable bonds is 9. The van der Waals surface area contributed by atoms with Crippen molar-refractivity contribution in [3.63, 3.8) is 0 Å². The summed E-state index contributed by atoms with van der Waals surface area (Å²) in [6, 6.07) is 23.1. The number of nitrogens with one attached hydrogen (secondary N) is 1. The Balaban J connectivity index is 1.29. The molecule has 168 valence electrons. The predicted molar refractivity (Wildman–Crippen MR) is 129 cm³/mol. The molecule has 2 atom stereocenters. The average Bonchev–Trinajstić information content (AvgIpc) is 2.84. The Bertz CT molecular complexity index is 695. The molecule has 4 rings (SSSR count). The lowest BCUT2D eigenvalue weighted by Crippen LogP contribution is -2.43. The molecule has 1 N–H and O–H groups in total. The van der Waals surface area contributed by atoms with E-state index in [9.17, 15) is 0 Å². The van der Waals surface area contributed by atoms with Crippen molar-refractivity contribution in [1.29, 1.82) is 0 Å². The molecule has 2 aromatic carbocycles. The van der Waals surface area contributed by atoms with Crippen molar-refractivity contribution >= 4 is 0 Å². The minimum absolute atomic E-state index is 0.339. The fraction of sp³-hybridized carbons (Fsp3) is 0.571. The molecule has 2 aromatic rings. The van der Waals surface area contributed by atoms with E-state index in [-0.39, 0.29) is 0 Å². The van der Waals surface area contributed by atoms with Gasteiger partial charge in [-0.25, -0.2) is 0 Å². The van der Waals surface area contributed by atoms with Gasteiger partial charge >= 0.3 is 0 Å². The summed E-state index contributed by atoms with van der Waals surface area (Å²) in [7, 11) is 0. The fourth-order valence-electron chi connectivity index (χ4n) is 5.31. The quantitative estimate of drug-likeness (QED) is 0.555. The first-order valence-corrected chi connectivity index (χ1v) is 12.4. The van der Waals surface area contributed by atoms with Crippen molar-refractivity contribution in [2.45, 2.75) is 83.1 Å². The van der Waals surface area contributed by atoms with Gasteiger partial charge < -0.3 is 10.1 Å². The van der Waals surface area contributed by atoms with E-state index in [1.165, 1.54) is 56.1 Å². The van der Waals surface area contributed by atoms with E-state index >= 15 is 0 Å². The first kappa shape index (κ1) is 22.5. The maximum atomic E-state index is 6.33. The molecule has 3 heteroatoms. The molecule has 1 saturated heterocycles. The maximum Gasteiger partial charge on any atom is 0.0700 e. The van der Waals surface area contributed by atoms with Crippen LogP contribution in [0.25, 0.3) is 0 Å². The normalized spacial score (nSPS) is 25.4. The van der Waals surface area contributed by atoms with E-state index < -0.39 is 0 Å². The molecule has 31 heavy (non-hydrogen) atoms. The Kier molecular flexibility index (Phi) is 8.57. The zero-order chi connectivity index (χ0) is 21.3. The molecule has 2 unspecified atom stereocenters. The van der Waals surface area contributed by atoms with Crippen LogP contribution >= 0.6 is 0 Å². The lowest BCUT2D eigenvalue weighted by molar-refractivity contribution is -0.00258. The second-order valence-corrected chi connectivity index (χ2v) is 9.65. The van der Waals surface area contributed by atoms with E-state index in [4.69, 9.17) is 4.74 Å². The molecule has 0 amide bonds. The molecule has 1 aliphatic heterocycles. The summed E-state index contributed by atoms with van der Waals surface area (Å²) in [5, 5.41) is 3.64. The summed E-state index contributed by atoms with van der Waals surface area (Å²) in [5.41, 5.74) is 2.83. The summed E-state index contributed by atoms with van der Waals surface area (Å²) in [6.45, 7) is 6.42. The standard InChI is InChI=1S/C28H40N2O/c1-23(28-14-8-9-19-29-28)31-22-26-15-17-27(18-16-26)30(20-24-10-4-2-5-11-24)21-25-12-6-3-7-13-25/h2-7,10-13,23,26-29H,8-9,14-22H2,1H3. The average molecular weight is 421 g/mol. The van der Waals surface area contributed by atoms with E-state index in [0.717, 1.165) is 32.2 Å². The van der Waals surface area contributed by atoms with Crippen LogP contribution in [0.2, 0.25) is 0 Å². The monoisotopic (exact) mass is 420 g/mol. The fourth-order valence-corrected chi connectivity index (χ4v) is 5.31. The van der Waals surface area contributed by atoms with Gasteiger partial charge in [-0.3, -0.25) is 4.90 Å². The highest BCUT2D eigenvalue weighted by atomic mass is 16.5. The molecule has 0 radical (unpaired) electrons. The molecular weight excluding hydrogens is 380 g/mol. The summed E-state index contributed by atoms with van der Waals surface area (Å²) in [6.07, 6.45) is 9.40. The molecule has 0 bridgehead atoms. The van der Waals surface area contributed by atoms with Gasteiger partial charge in [-0.2, -0.15) is 0 Å². The highest BCUT2D eigenvalue weighted by Crippen LogP contribution is 2.30. The van der Waals surface area contributed by atoms with Gasteiger partial charge in [-0.05, 0) is 69.0 Å². The van der Waals surface area contributed by atoms with E-state index in [0.29, 0.717) is 18.2 Å². The van der Waals surface area contributed by atoms with Crippen LogP contribution in [0.3, 0.4) is 0 Å². The molecular formula is C28H40N2O. The predicted octanol–water partition coefficient (Wildman–Crippen LogP) is 5.79. The van der Waals surface area contributed by atoms with Gasteiger partial charge in [0.15, 0.2) is 0 Å². The molecule has 2 aliphatic rings. The summed E-state index contributed by atoms with van der Waals surface area (Å²) >= 11 is 0. The minimum Gasteiger partial charge on any atom is -0.377 e. The first-order chi connectivity index (χ1) is 15.3. The van der Waals surface area contributed by atoms with Gasteiger partial charge in [0.2, 0.25) is 0 Å². The molecule has 1 saturated carbocycles. The molecule has 1 heterocycles. The maximum absolute atomic E-state index is 6.33. The van der Waals surface area contributed by atoms with Crippen molar-refractivity contribution in [2.75, 3.05) is 13.2 Å². The Hall–Kier alpha value is -1.68. The molecule has 0 aromatic heterocycles. The lowest BCUT2D eigenvalue weighted by Gasteiger charge is -2.38. The zero-order valence-electron chi connectivity index (χ0n) is 19.2. The Labute approximate surface area is 189 Å². The summed E-state index contributed by atoms with van der Waals surface area (Å²) < 4.78 is 6.33. The van der Waals surface area contributed by atoms with Gasteiger partial charge in [0.25, 0.3) is 0 Å². The van der Waals surface area contributed by atoms with Crippen molar-refractivity contribution < 1.29 is 4.74 Å². The zero-order valence-corrected chi connectivity index (χ0v) is 19.2.